The zero-order valence-corrected chi connectivity index (χ0v) is 6.98. The molecule has 0 aromatic rings. The van der Waals surface area contributed by atoms with Gasteiger partial charge in [-0.05, 0) is 31.7 Å². The Morgan fingerprint density at radius 2 is 2.30 bits per heavy atom. The second kappa shape index (κ2) is 2.75. The number of nitrogens with one attached hydrogen (secondary N) is 1. The summed E-state index contributed by atoms with van der Waals surface area (Å²) in [5.74, 6) is 0. The number of hydrogen-bond donors (Lipinski definition) is 1. The van der Waals surface area contributed by atoms with Crippen LogP contribution in [0.4, 0.5) is 0 Å². The minimum Gasteiger partial charge on any atom is -0.314 e. The summed E-state index contributed by atoms with van der Waals surface area (Å²) >= 11 is 0. The largest absolute Gasteiger partial charge is 0.314 e. The molecule has 0 aliphatic heterocycles. The molecule has 1 aliphatic carbocycles. The van der Waals surface area contributed by atoms with E-state index < -0.39 is 0 Å². The predicted octanol–water partition coefficient (Wildman–Crippen LogP) is 1.95. The molecule has 1 aliphatic rings. The van der Waals surface area contributed by atoms with Crippen molar-refractivity contribution in [1.82, 2.24) is 5.32 Å². The van der Waals surface area contributed by atoms with Crippen LogP contribution >= 0.6 is 0 Å². The molecule has 0 saturated heterocycles. The average molecular weight is 139 g/mol. The summed E-state index contributed by atoms with van der Waals surface area (Å²) in [5, 5.41) is 3.23. The molecule has 0 spiro atoms. The molecule has 1 nitrogen and oxygen atoms in total. The van der Waals surface area contributed by atoms with Crippen LogP contribution in [-0.2, 0) is 0 Å². The van der Waals surface area contributed by atoms with Gasteiger partial charge in [0, 0.05) is 6.04 Å². The van der Waals surface area contributed by atoms with Crippen LogP contribution in [0.5, 0.6) is 0 Å². The minimum absolute atomic E-state index is 0.521. The Balaban J connectivity index is 2.27. The van der Waals surface area contributed by atoms with E-state index in [9.17, 15) is 0 Å². The van der Waals surface area contributed by atoms with E-state index in [1.54, 1.807) is 0 Å². The Hall–Kier alpha value is -0.300. The highest BCUT2D eigenvalue weighted by molar-refractivity contribution is 4.97. The predicted molar refractivity (Wildman–Crippen MR) is 45.0 cm³/mol. The molecule has 0 heterocycles. The third-order valence-corrected chi connectivity index (χ3v) is 2.47. The molecule has 0 radical (unpaired) electrons. The van der Waals surface area contributed by atoms with Crippen molar-refractivity contribution in [3.05, 3.63) is 12.7 Å². The van der Waals surface area contributed by atoms with Gasteiger partial charge in [-0.15, -0.1) is 6.58 Å². The highest BCUT2D eigenvalue weighted by atomic mass is 14.9. The zero-order valence-electron chi connectivity index (χ0n) is 6.98. The molecule has 1 unspecified atom stereocenters. The topological polar surface area (TPSA) is 12.0 Å². The molecular weight excluding hydrogens is 122 g/mol. The molecule has 1 N–H and O–H groups in total. The first kappa shape index (κ1) is 7.80. The van der Waals surface area contributed by atoms with Crippen LogP contribution in [0.3, 0.4) is 0 Å². The maximum absolute atomic E-state index is 3.78. The first-order chi connectivity index (χ1) is 4.70. The monoisotopic (exact) mass is 139 g/mol. The highest BCUT2D eigenvalue weighted by Gasteiger charge is 2.38. The molecular formula is C9H17N. The van der Waals surface area contributed by atoms with Crippen molar-refractivity contribution in [1.29, 1.82) is 0 Å². The molecule has 0 bridgehead atoms. The van der Waals surface area contributed by atoms with E-state index in [0.29, 0.717) is 11.5 Å². The lowest BCUT2D eigenvalue weighted by molar-refractivity contribution is 0.452. The summed E-state index contributed by atoms with van der Waals surface area (Å²) in [4.78, 5) is 0. The zero-order chi connectivity index (χ0) is 7.61. The van der Waals surface area contributed by atoms with Crippen molar-refractivity contribution in [2.75, 3.05) is 7.05 Å². The first-order valence-electron chi connectivity index (χ1n) is 4.00. The summed E-state index contributed by atoms with van der Waals surface area (Å²) in [5.41, 5.74) is 0.641. The fourth-order valence-corrected chi connectivity index (χ4v) is 1.25. The van der Waals surface area contributed by atoms with Gasteiger partial charge in [0.05, 0.1) is 0 Å². The SMILES string of the molecule is C=CC(CC1(C)CC1)NC. The summed E-state index contributed by atoms with van der Waals surface area (Å²) in [6.07, 6.45) is 6.06. The molecule has 58 valence electrons. The molecule has 1 atom stereocenters. The van der Waals surface area contributed by atoms with Gasteiger partial charge in [0.1, 0.15) is 0 Å². The normalized spacial score (nSPS) is 23.8. The lowest BCUT2D eigenvalue weighted by Crippen LogP contribution is -2.25. The first-order valence-corrected chi connectivity index (χ1v) is 4.00. The lowest BCUT2D eigenvalue weighted by atomic mass is 9.99. The van der Waals surface area contributed by atoms with Crippen molar-refractivity contribution >= 4 is 0 Å². The van der Waals surface area contributed by atoms with Crippen molar-refractivity contribution in [2.24, 2.45) is 5.41 Å². The third kappa shape index (κ3) is 1.84. The van der Waals surface area contributed by atoms with Gasteiger partial charge >= 0.3 is 0 Å². The van der Waals surface area contributed by atoms with Gasteiger partial charge in [-0.3, -0.25) is 0 Å². The van der Waals surface area contributed by atoms with Gasteiger partial charge in [-0.25, -0.2) is 0 Å². The van der Waals surface area contributed by atoms with Crippen molar-refractivity contribution in [3.63, 3.8) is 0 Å². The molecule has 0 amide bonds. The summed E-state index contributed by atoms with van der Waals surface area (Å²) < 4.78 is 0. The van der Waals surface area contributed by atoms with Crippen molar-refractivity contribution in [3.8, 4) is 0 Å². The summed E-state index contributed by atoms with van der Waals surface area (Å²) in [6.45, 7) is 6.13. The van der Waals surface area contributed by atoms with Crippen LogP contribution in [0.15, 0.2) is 12.7 Å². The molecule has 0 aromatic heterocycles. The van der Waals surface area contributed by atoms with Gasteiger partial charge in [0.15, 0.2) is 0 Å². The van der Waals surface area contributed by atoms with E-state index in [2.05, 4.69) is 18.8 Å². The van der Waals surface area contributed by atoms with Crippen molar-refractivity contribution in [2.45, 2.75) is 32.2 Å². The van der Waals surface area contributed by atoms with E-state index in [1.807, 2.05) is 13.1 Å². The lowest BCUT2D eigenvalue weighted by Gasteiger charge is -2.15. The van der Waals surface area contributed by atoms with Gasteiger partial charge in [-0.2, -0.15) is 0 Å². The van der Waals surface area contributed by atoms with E-state index in [1.165, 1.54) is 19.3 Å². The van der Waals surface area contributed by atoms with Gasteiger partial charge < -0.3 is 5.32 Å². The Bertz CT molecular complexity index is 125. The maximum Gasteiger partial charge on any atom is 0.0249 e. The van der Waals surface area contributed by atoms with Crippen LogP contribution in [0, 0.1) is 5.41 Å². The van der Waals surface area contributed by atoms with E-state index in [4.69, 9.17) is 0 Å². The van der Waals surface area contributed by atoms with E-state index in [-0.39, 0.29) is 0 Å². The molecule has 1 rings (SSSR count). The molecule has 1 fully saturated rings. The Kier molecular flexibility index (Phi) is 2.14. The molecule has 0 aromatic carbocycles. The van der Waals surface area contributed by atoms with Gasteiger partial charge in [-0.1, -0.05) is 13.0 Å². The Labute approximate surface area is 63.5 Å². The fraction of sp³-hybridized carbons (Fsp3) is 0.778. The number of hydrogen-bond acceptors (Lipinski definition) is 1. The second-order valence-corrected chi connectivity index (χ2v) is 3.65. The van der Waals surface area contributed by atoms with Gasteiger partial charge in [0.2, 0.25) is 0 Å². The number of likely N-dealkylation sites (N-methyl/N-ethyl adjacent to an activating group) is 1. The molecule has 1 heteroatoms. The van der Waals surface area contributed by atoms with Crippen LogP contribution in [0.2, 0.25) is 0 Å². The Morgan fingerprint density at radius 3 is 2.60 bits per heavy atom. The molecule has 1 saturated carbocycles. The minimum atomic E-state index is 0.521. The molecule has 10 heavy (non-hydrogen) atoms. The maximum atomic E-state index is 3.78. The smallest absolute Gasteiger partial charge is 0.0249 e. The van der Waals surface area contributed by atoms with Crippen LogP contribution in [0.25, 0.3) is 0 Å². The summed E-state index contributed by atoms with van der Waals surface area (Å²) in [6, 6.07) is 0.521. The van der Waals surface area contributed by atoms with E-state index in [0.717, 1.165) is 0 Å². The van der Waals surface area contributed by atoms with Gasteiger partial charge in [0.25, 0.3) is 0 Å². The highest BCUT2D eigenvalue weighted by Crippen LogP contribution is 2.48. The van der Waals surface area contributed by atoms with E-state index >= 15 is 0 Å². The Morgan fingerprint density at radius 1 is 1.70 bits per heavy atom. The third-order valence-electron chi connectivity index (χ3n) is 2.47. The quantitative estimate of drug-likeness (QED) is 0.587. The van der Waals surface area contributed by atoms with Crippen LogP contribution in [0.1, 0.15) is 26.2 Å². The fourth-order valence-electron chi connectivity index (χ4n) is 1.25. The van der Waals surface area contributed by atoms with Crippen LogP contribution < -0.4 is 5.32 Å². The van der Waals surface area contributed by atoms with Crippen LogP contribution in [-0.4, -0.2) is 13.1 Å². The van der Waals surface area contributed by atoms with Crippen molar-refractivity contribution < 1.29 is 0 Å². The summed E-state index contributed by atoms with van der Waals surface area (Å²) in [7, 11) is 2.00. The second-order valence-electron chi connectivity index (χ2n) is 3.65. The number of rotatable bonds is 4. The standard InChI is InChI=1S/C9H17N/c1-4-8(10-3)7-9(2)5-6-9/h4,8,10H,1,5-7H2,2-3H3. The average Bonchev–Trinajstić information content (AvgIpc) is 2.64.